The SMILES string of the molecule is CCN(C(=O)[C@H](C)Oc1cccc(C#N)c1)c1ccccc1. The number of benzene rings is 2. The molecule has 4 nitrogen and oxygen atoms in total. The molecule has 2 aromatic rings. The maximum absolute atomic E-state index is 12.6. The van der Waals surface area contributed by atoms with Crippen molar-refractivity contribution < 1.29 is 9.53 Å². The number of carbonyl (C=O) groups is 1. The van der Waals surface area contributed by atoms with Crippen molar-refractivity contribution >= 4 is 11.6 Å². The van der Waals surface area contributed by atoms with E-state index in [4.69, 9.17) is 10.00 Å². The number of nitrogens with zero attached hydrogens (tertiary/aromatic N) is 2. The summed E-state index contributed by atoms with van der Waals surface area (Å²) in [5.74, 6) is 0.403. The normalized spacial score (nSPS) is 11.3. The number of carbonyl (C=O) groups excluding carboxylic acids is 1. The lowest BCUT2D eigenvalue weighted by Crippen LogP contribution is -2.40. The van der Waals surface area contributed by atoms with E-state index in [1.807, 2.05) is 37.3 Å². The first-order valence-corrected chi connectivity index (χ1v) is 7.19. The standard InChI is InChI=1S/C18H18N2O2/c1-3-20(16-9-5-4-6-10-16)18(21)14(2)22-17-11-7-8-15(12-17)13-19/h4-12,14H,3H2,1-2H3/t14-/m0/s1. The van der Waals surface area contributed by atoms with E-state index in [-0.39, 0.29) is 5.91 Å². The van der Waals surface area contributed by atoms with E-state index in [1.54, 1.807) is 36.1 Å². The van der Waals surface area contributed by atoms with Crippen molar-refractivity contribution in [1.29, 1.82) is 5.26 Å². The van der Waals surface area contributed by atoms with Crippen LogP contribution in [-0.4, -0.2) is 18.6 Å². The van der Waals surface area contributed by atoms with E-state index in [9.17, 15) is 4.79 Å². The van der Waals surface area contributed by atoms with Crippen LogP contribution in [0.2, 0.25) is 0 Å². The molecular formula is C18H18N2O2. The summed E-state index contributed by atoms with van der Waals surface area (Å²) in [4.78, 5) is 14.2. The highest BCUT2D eigenvalue weighted by atomic mass is 16.5. The second kappa shape index (κ2) is 7.28. The first kappa shape index (κ1) is 15.6. The van der Waals surface area contributed by atoms with E-state index in [0.717, 1.165) is 5.69 Å². The Kier molecular flexibility index (Phi) is 5.16. The van der Waals surface area contributed by atoms with Gasteiger partial charge in [-0.1, -0.05) is 24.3 Å². The zero-order valence-electron chi connectivity index (χ0n) is 12.7. The molecule has 112 valence electrons. The van der Waals surface area contributed by atoms with Gasteiger partial charge in [0.2, 0.25) is 0 Å². The van der Waals surface area contributed by atoms with E-state index < -0.39 is 6.10 Å². The maximum Gasteiger partial charge on any atom is 0.267 e. The smallest absolute Gasteiger partial charge is 0.267 e. The zero-order chi connectivity index (χ0) is 15.9. The Morgan fingerprint density at radius 3 is 2.59 bits per heavy atom. The van der Waals surface area contributed by atoms with Crippen LogP contribution in [0.3, 0.4) is 0 Å². The summed E-state index contributed by atoms with van der Waals surface area (Å²) < 4.78 is 5.68. The molecule has 0 bridgehead atoms. The molecule has 0 fully saturated rings. The molecule has 0 aromatic heterocycles. The van der Waals surface area contributed by atoms with Crippen LogP contribution in [0.25, 0.3) is 0 Å². The Morgan fingerprint density at radius 1 is 1.23 bits per heavy atom. The summed E-state index contributed by atoms with van der Waals surface area (Å²) in [5.41, 5.74) is 1.35. The van der Waals surface area contributed by atoms with E-state index >= 15 is 0 Å². The first-order chi connectivity index (χ1) is 10.7. The Bertz CT molecular complexity index is 677. The Morgan fingerprint density at radius 2 is 1.95 bits per heavy atom. The zero-order valence-corrected chi connectivity index (χ0v) is 12.7. The van der Waals surface area contributed by atoms with Crippen LogP contribution in [0.4, 0.5) is 5.69 Å². The van der Waals surface area contributed by atoms with Gasteiger partial charge in [0.1, 0.15) is 5.75 Å². The second-order valence-corrected chi connectivity index (χ2v) is 4.82. The molecule has 0 N–H and O–H groups in total. The Hall–Kier alpha value is -2.80. The molecule has 1 amide bonds. The fourth-order valence-electron chi connectivity index (χ4n) is 2.19. The number of hydrogen-bond acceptors (Lipinski definition) is 3. The minimum Gasteiger partial charge on any atom is -0.481 e. The summed E-state index contributed by atoms with van der Waals surface area (Å²) in [6, 6.07) is 18.3. The van der Waals surface area contributed by atoms with Gasteiger partial charge in [-0.15, -0.1) is 0 Å². The van der Waals surface area contributed by atoms with Crippen LogP contribution in [0.1, 0.15) is 19.4 Å². The molecule has 0 saturated carbocycles. The molecule has 1 atom stereocenters. The predicted molar refractivity (Wildman–Crippen MR) is 85.7 cm³/mol. The minimum atomic E-state index is -0.630. The summed E-state index contributed by atoms with van der Waals surface area (Å²) >= 11 is 0. The predicted octanol–water partition coefficient (Wildman–Crippen LogP) is 3.38. The van der Waals surface area contributed by atoms with Gasteiger partial charge in [-0.3, -0.25) is 4.79 Å². The molecule has 0 saturated heterocycles. The number of para-hydroxylation sites is 1. The van der Waals surface area contributed by atoms with Crippen molar-refractivity contribution in [2.24, 2.45) is 0 Å². The average molecular weight is 294 g/mol. The summed E-state index contributed by atoms with van der Waals surface area (Å²) in [6.07, 6.45) is -0.630. The number of likely N-dealkylation sites (N-methyl/N-ethyl adjacent to an activating group) is 1. The Balaban J connectivity index is 2.12. The van der Waals surface area contributed by atoms with Crippen LogP contribution < -0.4 is 9.64 Å². The number of rotatable bonds is 5. The molecule has 0 spiro atoms. The molecule has 0 aliphatic carbocycles. The van der Waals surface area contributed by atoms with Crippen molar-refractivity contribution in [3.05, 3.63) is 60.2 Å². The van der Waals surface area contributed by atoms with Crippen LogP contribution in [0, 0.1) is 11.3 Å². The highest BCUT2D eigenvalue weighted by Crippen LogP contribution is 2.18. The van der Waals surface area contributed by atoms with Crippen molar-refractivity contribution in [2.75, 3.05) is 11.4 Å². The van der Waals surface area contributed by atoms with E-state index in [1.165, 1.54) is 0 Å². The maximum atomic E-state index is 12.6. The lowest BCUT2D eigenvalue weighted by Gasteiger charge is -2.25. The average Bonchev–Trinajstić information content (AvgIpc) is 2.56. The highest BCUT2D eigenvalue weighted by Gasteiger charge is 2.22. The molecular weight excluding hydrogens is 276 g/mol. The summed E-state index contributed by atoms with van der Waals surface area (Å²) in [7, 11) is 0. The fraction of sp³-hybridized carbons (Fsp3) is 0.222. The molecule has 2 aromatic carbocycles. The third kappa shape index (κ3) is 3.64. The molecule has 0 heterocycles. The Labute approximate surface area is 130 Å². The van der Waals surface area contributed by atoms with Gasteiger partial charge < -0.3 is 9.64 Å². The van der Waals surface area contributed by atoms with Crippen LogP contribution in [0.5, 0.6) is 5.75 Å². The van der Waals surface area contributed by atoms with Gasteiger partial charge in [-0.25, -0.2) is 0 Å². The topological polar surface area (TPSA) is 53.3 Å². The summed E-state index contributed by atoms with van der Waals surface area (Å²) in [6.45, 7) is 4.20. The highest BCUT2D eigenvalue weighted by molar-refractivity contribution is 5.96. The molecule has 0 unspecified atom stereocenters. The van der Waals surface area contributed by atoms with Gasteiger partial charge in [-0.2, -0.15) is 5.26 Å². The van der Waals surface area contributed by atoms with Crippen molar-refractivity contribution in [1.82, 2.24) is 0 Å². The first-order valence-electron chi connectivity index (χ1n) is 7.19. The number of amides is 1. The van der Waals surface area contributed by atoms with Gasteiger partial charge in [0.25, 0.3) is 5.91 Å². The quantitative estimate of drug-likeness (QED) is 0.849. The third-order valence-corrected chi connectivity index (χ3v) is 3.27. The number of anilines is 1. The molecule has 0 aliphatic heterocycles. The second-order valence-electron chi connectivity index (χ2n) is 4.82. The van der Waals surface area contributed by atoms with Crippen LogP contribution in [-0.2, 0) is 4.79 Å². The van der Waals surface area contributed by atoms with Crippen LogP contribution in [0.15, 0.2) is 54.6 Å². The molecule has 0 radical (unpaired) electrons. The largest absolute Gasteiger partial charge is 0.481 e. The third-order valence-electron chi connectivity index (χ3n) is 3.27. The van der Waals surface area contributed by atoms with Crippen molar-refractivity contribution in [3.8, 4) is 11.8 Å². The lowest BCUT2D eigenvalue weighted by atomic mass is 10.2. The molecule has 0 aliphatic rings. The molecule has 4 heteroatoms. The minimum absolute atomic E-state index is 0.115. The fourth-order valence-corrected chi connectivity index (χ4v) is 2.19. The van der Waals surface area contributed by atoms with Gasteiger partial charge >= 0.3 is 0 Å². The van der Waals surface area contributed by atoms with Crippen LogP contribution >= 0.6 is 0 Å². The van der Waals surface area contributed by atoms with Gasteiger partial charge in [-0.05, 0) is 44.2 Å². The summed E-state index contributed by atoms with van der Waals surface area (Å²) in [5, 5.41) is 8.90. The van der Waals surface area contributed by atoms with Crippen molar-refractivity contribution in [3.63, 3.8) is 0 Å². The number of ether oxygens (including phenoxy) is 1. The van der Waals surface area contributed by atoms with Gasteiger partial charge in [0.05, 0.1) is 11.6 Å². The van der Waals surface area contributed by atoms with Gasteiger partial charge in [0, 0.05) is 12.2 Å². The number of hydrogen-bond donors (Lipinski definition) is 0. The van der Waals surface area contributed by atoms with E-state index in [2.05, 4.69) is 6.07 Å². The van der Waals surface area contributed by atoms with Gasteiger partial charge in [0.15, 0.2) is 6.10 Å². The number of nitriles is 1. The van der Waals surface area contributed by atoms with E-state index in [0.29, 0.717) is 17.9 Å². The monoisotopic (exact) mass is 294 g/mol. The lowest BCUT2D eigenvalue weighted by molar-refractivity contribution is -0.124. The molecule has 22 heavy (non-hydrogen) atoms. The molecule has 2 rings (SSSR count). The van der Waals surface area contributed by atoms with Crippen molar-refractivity contribution in [2.45, 2.75) is 20.0 Å².